The third kappa shape index (κ3) is 5.36. The van der Waals surface area contributed by atoms with E-state index < -0.39 is 0 Å². The van der Waals surface area contributed by atoms with Crippen LogP contribution in [0, 0.1) is 0 Å². The molecule has 0 aliphatic rings. The highest BCUT2D eigenvalue weighted by Crippen LogP contribution is 2.45. The second-order valence-electron chi connectivity index (χ2n) is 14.1. The zero-order valence-electron chi connectivity index (χ0n) is 29.8. The van der Waals surface area contributed by atoms with E-state index in [1.165, 1.54) is 16.3 Å². The Hall–Kier alpha value is -7.36. The molecule has 2 aromatic heterocycles. The average molecular weight is 704 g/mol. The van der Waals surface area contributed by atoms with Gasteiger partial charge in [0, 0.05) is 44.5 Å². The van der Waals surface area contributed by atoms with Crippen molar-refractivity contribution < 1.29 is 8.83 Å². The molecule has 2 heterocycles. The highest BCUT2D eigenvalue weighted by atomic mass is 16.3. The zero-order chi connectivity index (χ0) is 36.3. The molecule has 0 spiro atoms. The maximum Gasteiger partial charge on any atom is 0.137 e. The highest BCUT2D eigenvalue weighted by molar-refractivity contribution is 6.07. The number of benzene rings is 9. The first-order valence-electron chi connectivity index (χ1n) is 18.7. The Kier molecular flexibility index (Phi) is 7.17. The molecular formula is C52H33NO2. The van der Waals surface area contributed by atoms with Gasteiger partial charge in [-0.2, -0.15) is 0 Å². The van der Waals surface area contributed by atoms with Crippen molar-refractivity contribution in [1.29, 1.82) is 0 Å². The Balaban J connectivity index is 1.11. The smallest absolute Gasteiger partial charge is 0.137 e. The van der Waals surface area contributed by atoms with E-state index in [2.05, 4.69) is 181 Å². The molecule has 11 rings (SSSR count). The third-order valence-electron chi connectivity index (χ3n) is 10.9. The number of hydrogen-bond acceptors (Lipinski definition) is 3. The number of fused-ring (bicyclic) bond motifs is 7. The quantitative estimate of drug-likeness (QED) is 0.173. The van der Waals surface area contributed by atoms with Crippen molar-refractivity contribution in [3.05, 3.63) is 200 Å². The minimum absolute atomic E-state index is 0.855. The van der Waals surface area contributed by atoms with E-state index >= 15 is 0 Å². The van der Waals surface area contributed by atoms with Crippen molar-refractivity contribution in [2.24, 2.45) is 0 Å². The number of para-hydroxylation sites is 2. The van der Waals surface area contributed by atoms with Gasteiger partial charge in [0.25, 0.3) is 0 Å². The molecule has 0 aliphatic carbocycles. The first kappa shape index (κ1) is 31.2. The molecule has 0 radical (unpaired) electrons. The predicted octanol–water partition coefficient (Wildman–Crippen LogP) is 15.1. The van der Waals surface area contributed by atoms with Crippen molar-refractivity contribution in [3.63, 3.8) is 0 Å². The summed E-state index contributed by atoms with van der Waals surface area (Å²) in [4.78, 5) is 2.37. The normalized spacial score (nSPS) is 11.6. The van der Waals surface area contributed by atoms with E-state index in [1.807, 2.05) is 24.3 Å². The molecule has 258 valence electrons. The van der Waals surface area contributed by atoms with E-state index in [-0.39, 0.29) is 0 Å². The van der Waals surface area contributed by atoms with Gasteiger partial charge in [0.05, 0.1) is 5.69 Å². The molecule has 0 saturated carbocycles. The molecule has 0 amide bonds. The van der Waals surface area contributed by atoms with Crippen LogP contribution in [0.1, 0.15) is 0 Å². The van der Waals surface area contributed by atoms with Crippen LogP contribution in [0.3, 0.4) is 0 Å². The Morgan fingerprint density at radius 2 is 0.855 bits per heavy atom. The number of anilines is 3. The zero-order valence-corrected chi connectivity index (χ0v) is 29.8. The summed E-state index contributed by atoms with van der Waals surface area (Å²) in [5.74, 6) is 0. The first-order chi connectivity index (χ1) is 27.2. The van der Waals surface area contributed by atoms with Gasteiger partial charge >= 0.3 is 0 Å². The van der Waals surface area contributed by atoms with Gasteiger partial charge in [0.15, 0.2) is 0 Å². The predicted molar refractivity (Wildman–Crippen MR) is 229 cm³/mol. The molecule has 0 bridgehead atoms. The Labute approximate surface area is 317 Å². The van der Waals surface area contributed by atoms with E-state index in [1.54, 1.807) is 0 Å². The fraction of sp³-hybridized carbons (Fsp3) is 0. The van der Waals surface area contributed by atoms with Gasteiger partial charge in [0.2, 0.25) is 0 Å². The summed E-state index contributed by atoms with van der Waals surface area (Å²) in [7, 11) is 0. The monoisotopic (exact) mass is 703 g/mol. The van der Waals surface area contributed by atoms with Crippen molar-refractivity contribution in [2.45, 2.75) is 0 Å². The minimum atomic E-state index is 0.855. The fourth-order valence-electron chi connectivity index (χ4n) is 8.12. The summed E-state index contributed by atoms with van der Waals surface area (Å²) in [6.45, 7) is 0. The summed E-state index contributed by atoms with van der Waals surface area (Å²) >= 11 is 0. The lowest BCUT2D eigenvalue weighted by Crippen LogP contribution is -2.11. The van der Waals surface area contributed by atoms with Crippen LogP contribution in [0.2, 0.25) is 0 Å². The van der Waals surface area contributed by atoms with Crippen LogP contribution in [-0.2, 0) is 0 Å². The van der Waals surface area contributed by atoms with Crippen molar-refractivity contribution in [1.82, 2.24) is 0 Å². The molecular weight excluding hydrogens is 671 g/mol. The molecule has 0 atom stereocenters. The molecule has 0 N–H and O–H groups in total. The standard InChI is InChI=1S/C52H33NO2/c1-2-11-36(12-3-1)43-27-22-40(38-19-18-34-10-4-5-13-37(34)30-38)32-48(43)53(42-26-28-46-44-14-6-8-16-49(44)55-52(46)33-42)41-24-20-35(21-25-41)39-23-29-51-47(31-39)45-15-7-9-17-50(45)54-51/h1-33H. The summed E-state index contributed by atoms with van der Waals surface area (Å²) < 4.78 is 12.6. The first-order valence-corrected chi connectivity index (χ1v) is 18.7. The van der Waals surface area contributed by atoms with Crippen LogP contribution in [0.25, 0.3) is 88.0 Å². The number of nitrogens with zero attached hydrogens (tertiary/aromatic N) is 1. The van der Waals surface area contributed by atoms with Gasteiger partial charge in [-0.15, -0.1) is 0 Å². The summed E-state index contributed by atoms with van der Waals surface area (Å²) in [6.07, 6.45) is 0. The van der Waals surface area contributed by atoms with Gasteiger partial charge in [-0.05, 0) is 99.3 Å². The SMILES string of the molecule is c1ccc(-c2ccc(-c3ccc4ccccc4c3)cc2N(c2ccc(-c3ccc4oc5ccccc5c4c3)cc2)c2ccc3c(c2)oc2ccccc23)cc1. The second kappa shape index (κ2) is 12.6. The van der Waals surface area contributed by atoms with E-state index in [0.717, 1.165) is 88.8 Å². The average Bonchev–Trinajstić information content (AvgIpc) is 3.82. The molecule has 11 aromatic rings. The van der Waals surface area contributed by atoms with Crippen molar-refractivity contribution in [2.75, 3.05) is 4.90 Å². The Morgan fingerprint density at radius 3 is 1.67 bits per heavy atom. The molecule has 0 fully saturated rings. The molecule has 55 heavy (non-hydrogen) atoms. The summed E-state index contributed by atoms with van der Waals surface area (Å²) in [6, 6.07) is 71.2. The van der Waals surface area contributed by atoms with Gasteiger partial charge in [0.1, 0.15) is 22.3 Å². The Morgan fingerprint density at radius 1 is 0.291 bits per heavy atom. The molecule has 9 aromatic carbocycles. The molecule has 3 nitrogen and oxygen atoms in total. The van der Waals surface area contributed by atoms with Gasteiger partial charge < -0.3 is 13.7 Å². The van der Waals surface area contributed by atoms with Gasteiger partial charge in [-0.1, -0.05) is 133 Å². The molecule has 0 unspecified atom stereocenters. The second-order valence-corrected chi connectivity index (χ2v) is 14.1. The number of furan rings is 2. The largest absolute Gasteiger partial charge is 0.456 e. The summed E-state index contributed by atoms with van der Waals surface area (Å²) in [5, 5.41) is 6.92. The van der Waals surface area contributed by atoms with Crippen LogP contribution < -0.4 is 4.90 Å². The third-order valence-corrected chi connectivity index (χ3v) is 10.9. The van der Waals surface area contributed by atoms with Gasteiger partial charge in [-0.3, -0.25) is 0 Å². The number of hydrogen-bond donors (Lipinski definition) is 0. The van der Waals surface area contributed by atoms with Crippen LogP contribution in [-0.4, -0.2) is 0 Å². The lowest BCUT2D eigenvalue weighted by molar-refractivity contribution is 0.668. The van der Waals surface area contributed by atoms with Crippen LogP contribution >= 0.6 is 0 Å². The minimum Gasteiger partial charge on any atom is -0.456 e. The molecule has 3 heteroatoms. The van der Waals surface area contributed by atoms with Crippen LogP contribution in [0.4, 0.5) is 17.1 Å². The lowest BCUT2D eigenvalue weighted by Gasteiger charge is -2.29. The summed E-state index contributed by atoms with van der Waals surface area (Å²) in [5.41, 5.74) is 13.6. The van der Waals surface area contributed by atoms with Crippen LogP contribution in [0.5, 0.6) is 0 Å². The lowest BCUT2D eigenvalue weighted by atomic mass is 9.95. The van der Waals surface area contributed by atoms with E-state index in [9.17, 15) is 0 Å². The maximum atomic E-state index is 6.47. The van der Waals surface area contributed by atoms with Crippen LogP contribution in [0.15, 0.2) is 209 Å². The Bertz CT molecular complexity index is 3210. The van der Waals surface area contributed by atoms with Gasteiger partial charge in [-0.25, -0.2) is 0 Å². The molecule has 0 saturated heterocycles. The van der Waals surface area contributed by atoms with Crippen molar-refractivity contribution >= 4 is 71.7 Å². The van der Waals surface area contributed by atoms with Crippen molar-refractivity contribution in [3.8, 4) is 33.4 Å². The number of rotatable bonds is 6. The topological polar surface area (TPSA) is 29.5 Å². The maximum absolute atomic E-state index is 6.47. The van der Waals surface area contributed by atoms with E-state index in [0.29, 0.717) is 0 Å². The fourth-order valence-corrected chi connectivity index (χ4v) is 8.12. The van der Waals surface area contributed by atoms with E-state index in [4.69, 9.17) is 8.83 Å². The molecule has 0 aliphatic heterocycles. The highest BCUT2D eigenvalue weighted by Gasteiger charge is 2.21.